The fraction of sp³-hybridized carbons (Fsp3) is 0.444. The van der Waals surface area contributed by atoms with Crippen LogP contribution in [0.4, 0.5) is 0 Å². The first-order valence-electron chi connectivity index (χ1n) is 8.52. The Morgan fingerprint density at radius 1 is 1.50 bits per heavy atom. The van der Waals surface area contributed by atoms with Crippen molar-refractivity contribution in [1.29, 1.82) is 0 Å². The molecule has 1 aliphatic carbocycles. The van der Waals surface area contributed by atoms with Gasteiger partial charge in [0.2, 0.25) is 0 Å². The van der Waals surface area contributed by atoms with E-state index in [4.69, 9.17) is 4.74 Å². The Bertz CT molecular complexity index is 821. The van der Waals surface area contributed by atoms with Crippen LogP contribution < -0.4 is 4.74 Å². The number of alkyl halides is 1. The molecule has 0 spiro atoms. The number of carbonyl (C=O) groups is 1. The lowest BCUT2D eigenvalue weighted by atomic mass is 9.87. The minimum atomic E-state index is -0.737. The molecule has 1 saturated carbocycles. The van der Waals surface area contributed by atoms with Crippen molar-refractivity contribution in [2.24, 2.45) is 5.92 Å². The third kappa shape index (κ3) is 3.89. The van der Waals surface area contributed by atoms with Crippen LogP contribution in [0, 0.1) is 12.8 Å². The number of halogens is 1. The molecule has 1 N–H and O–H groups in total. The number of aliphatic carboxylic acids is 1. The maximum Gasteiger partial charge on any atom is 0.306 e. The zero-order valence-corrected chi connectivity index (χ0v) is 16.7. The Hall–Kier alpha value is -1.97. The van der Waals surface area contributed by atoms with Gasteiger partial charge in [0.1, 0.15) is 11.4 Å². The molecule has 1 fully saturated rings. The average Bonchev–Trinajstić information content (AvgIpc) is 3.06. The predicted octanol–water partition coefficient (Wildman–Crippen LogP) is 3.71. The largest absolute Gasteiger partial charge is 0.489 e. The highest BCUT2D eigenvalue weighted by Gasteiger charge is 2.28. The molecule has 0 unspecified atom stereocenters. The van der Waals surface area contributed by atoms with Gasteiger partial charge in [0.15, 0.2) is 0 Å². The van der Waals surface area contributed by atoms with Crippen LogP contribution >= 0.6 is 22.6 Å². The molecule has 0 radical (unpaired) electrons. The van der Waals surface area contributed by atoms with Crippen LogP contribution in [0.25, 0.3) is 17.5 Å². The Kier molecular flexibility index (Phi) is 5.90. The number of rotatable bonds is 6. The van der Waals surface area contributed by atoms with Gasteiger partial charge < -0.3 is 9.84 Å². The second-order valence-electron chi connectivity index (χ2n) is 6.37. The average molecular weight is 468 g/mol. The molecule has 8 heteroatoms. The summed E-state index contributed by atoms with van der Waals surface area (Å²) in [5.74, 6) is -0.371. The summed E-state index contributed by atoms with van der Waals surface area (Å²) in [6, 6.07) is 3.73. The van der Waals surface area contributed by atoms with Crippen LogP contribution in [0.2, 0.25) is 0 Å². The summed E-state index contributed by atoms with van der Waals surface area (Å²) in [6.07, 6.45) is 4.65. The number of aromatic nitrogens is 4. The van der Waals surface area contributed by atoms with Gasteiger partial charge in [0.25, 0.3) is 0 Å². The van der Waals surface area contributed by atoms with Gasteiger partial charge in [-0.05, 0) is 50.8 Å². The molecule has 138 valence electrons. The molecule has 2 heterocycles. The molecule has 0 aliphatic heterocycles. The van der Waals surface area contributed by atoms with Gasteiger partial charge in [-0.25, -0.2) is 9.67 Å². The highest BCUT2D eigenvalue weighted by atomic mass is 127. The zero-order chi connectivity index (χ0) is 18.7. The first kappa shape index (κ1) is 18.8. The van der Waals surface area contributed by atoms with Gasteiger partial charge in [0.05, 0.1) is 33.7 Å². The highest BCUT2D eigenvalue weighted by molar-refractivity contribution is 14.1. The number of ether oxygens (including phenoxy) is 1. The Labute approximate surface area is 165 Å². The van der Waals surface area contributed by atoms with Crippen LogP contribution in [0.15, 0.2) is 18.7 Å². The lowest BCUT2D eigenvalue weighted by Gasteiger charge is -2.27. The summed E-state index contributed by atoms with van der Waals surface area (Å²) >= 11 is 2.21. The maximum atomic E-state index is 11.2. The van der Waals surface area contributed by atoms with Crippen LogP contribution in [0.1, 0.15) is 37.1 Å². The first-order valence-corrected chi connectivity index (χ1v) is 10.1. The van der Waals surface area contributed by atoms with E-state index < -0.39 is 5.97 Å². The molecule has 1 aliphatic rings. The molecule has 0 bridgehead atoms. The molecule has 26 heavy (non-hydrogen) atoms. The molecule has 2 aromatic heterocycles. The van der Waals surface area contributed by atoms with Gasteiger partial charge in [-0.1, -0.05) is 34.4 Å². The van der Waals surface area contributed by atoms with E-state index in [2.05, 4.69) is 44.5 Å². The Morgan fingerprint density at radius 3 is 2.96 bits per heavy atom. The van der Waals surface area contributed by atoms with E-state index in [0.29, 0.717) is 28.1 Å². The minimum Gasteiger partial charge on any atom is -0.489 e. The second kappa shape index (κ2) is 8.15. The number of nitrogens with zero attached hydrogens (tertiary/aromatic N) is 4. The van der Waals surface area contributed by atoms with E-state index in [-0.39, 0.29) is 12.0 Å². The van der Waals surface area contributed by atoms with Crippen molar-refractivity contribution in [3.8, 4) is 17.1 Å². The minimum absolute atomic E-state index is 0.0835. The fourth-order valence-electron chi connectivity index (χ4n) is 3.25. The number of hydrogen-bond donors (Lipinski definition) is 1. The van der Waals surface area contributed by atoms with Crippen molar-refractivity contribution in [3.63, 3.8) is 0 Å². The SMILES string of the molecule is C=Cc1c(-c2ccc(O[C@H]3CCC[C@H](C(=O)O)C3)c(C)n2)nnn1CI. The molecule has 0 saturated heterocycles. The summed E-state index contributed by atoms with van der Waals surface area (Å²) in [4.78, 5) is 15.8. The van der Waals surface area contributed by atoms with Crippen molar-refractivity contribution in [3.05, 3.63) is 30.1 Å². The van der Waals surface area contributed by atoms with Gasteiger partial charge in [-0.15, -0.1) is 5.10 Å². The van der Waals surface area contributed by atoms with Gasteiger partial charge in [0, 0.05) is 0 Å². The fourth-order valence-corrected chi connectivity index (χ4v) is 3.76. The monoisotopic (exact) mass is 468 g/mol. The normalized spacial score (nSPS) is 19.9. The molecular formula is C18H21IN4O3. The topological polar surface area (TPSA) is 90.1 Å². The summed E-state index contributed by atoms with van der Waals surface area (Å²) < 4.78 is 8.49. The number of carboxylic acids is 1. The van der Waals surface area contributed by atoms with E-state index in [1.165, 1.54) is 0 Å². The number of carboxylic acid groups (broad SMARTS) is 1. The smallest absolute Gasteiger partial charge is 0.306 e. The van der Waals surface area contributed by atoms with Gasteiger partial charge in [-0.3, -0.25) is 4.79 Å². The first-order chi connectivity index (χ1) is 12.5. The third-order valence-corrected chi connectivity index (χ3v) is 5.28. The van der Waals surface area contributed by atoms with E-state index in [9.17, 15) is 9.90 Å². The van der Waals surface area contributed by atoms with Crippen molar-refractivity contribution in [2.45, 2.75) is 43.3 Å². The van der Waals surface area contributed by atoms with Crippen molar-refractivity contribution in [2.75, 3.05) is 0 Å². The van der Waals surface area contributed by atoms with Crippen molar-refractivity contribution >= 4 is 34.6 Å². The van der Waals surface area contributed by atoms with Gasteiger partial charge in [-0.2, -0.15) is 0 Å². The lowest BCUT2D eigenvalue weighted by Crippen LogP contribution is -2.29. The number of pyridine rings is 1. The predicted molar refractivity (Wildman–Crippen MR) is 106 cm³/mol. The van der Waals surface area contributed by atoms with E-state index in [1.807, 2.05) is 19.1 Å². The molecule has 2 atom stereocenters. The molecule has 2 aromatic rings. The molecule has 0 aromatic carbocycles. The van der Waals surface area contributed by atoms with E-state index in [0.717, 1.165) is 30.7 Å². The highest BCUT2D eigenvalue weighted by Crippen LogP contribution is 2.30. The number of aryl methyl sites for hydroxylation is 1. The standard InChI is InChI=1S/C18H21IN4O3/c1-3-15-17(21-22-23(15)10-19)14-7-8-16(11(2)20-14)26-13-6-4-5-12(9-13)18(24)25/h3,7-8,12-13H,1,4-6,9-10H2,2H3,(H,24,25)/t12-,13-/m0/s1. The summed E-state index contributed by atoms with van der Waals surface area (Å²) in [7, 11) is 0. The Morgan fingerprint density at radius 2 is 2.31 bits per heavy atom. The van der Waals surface area contributed by atoms with E-state index in [1.54, 1.807) is 10.8 Å². The number of hydrogen-bond acceptors (Lipinski definition) is 5. The summed E-state index contributed by atoms with van der Waals surface area (Å²) in [6.45, 7) is 5.71. The van der Waals surface area contributed by atoms with Crippen LogP contribution in [0.5, 0.6) is 5.75 Å². The van der Waals surface area contributed by atoms with Crippen LogP contribution in [-0.2, 0) is 9.35 Å². The van der Waals surface area contributed by atoms with Crippen LogP contribution in [0.3, 0.4) is 0 Å². The maximum absolute atomic E-state index is 11.2. The molecular weight excluding hydrogens is 447 g/mol. The molecule has 0 amide bonds. The second-order valence-corrected chi connectivity index (χ2v) is 7.05. The third-order valence-electron chi connectivity index (χ3n) is 4.63. The van der Waals surface area contributed by atoms with E-state index >= 15 is 0 Å². The van der Waals surface area contributed by atoms with Crippen molar-refractivity contribution < 1.29 is 14.6 Å². The van der Waals surface area contributed by atoms with Gasteiger partial charge >= 0.3 is 5.97 Å². The van der Waals surface area contributed by atoms with Crippen LogP contribution in [-0.4, -0.2) is 37.2 Å². The quantitative estimate of drug-likeness (QED) is 0.514. The summed E-state index contributed by atoms with van der Waals surface area (Å²) in [5, 5.41) is 17.5. The molecule has 3 rings (SSSR count). The summed E-state index contributed by atoms with van der Waals surface area (Å²) in [5.41, 5.74) is 2.98. The van der Waals surface area contributed by atoms with Crippen molar-refractivity contribution in [1.82, 2.24) is 20.0 Å². The molecule has 7 nitrogen and oxygen atoms in total. The zero-order valence-electron chi connectivity index (χ0n) is 14.6. The Balaban J connectivity index is 1.79. The lowest BCUT2D eigenvalue weighted by molar-refractivity contribution is -0.143.